The molecule has 96 valence electrons. The van der Waals surface area contributed by atoms with Crippen LogP contribution in [0.3, 0.4) is 0 Å². The number of aromatic nitrogens is 1. The predicted octanol–water partition coefficient (Wildman–Crippen LogP) is 4.14. The molecule has 2 nitrogen and oxygen atoms in total. The minimum atomic E-state index is 0.763. The van der Waals surface area contributed by atoms with E-state index in [2.05, 4.69) is 12.2 Å². The maximum Gasteiger partial charge on any atom is 0.123 e. The molecule has 4 heteroatoms. The van der Waals surface area contributed by atoms with Crippen molar-refractivity contribution in [3.8, 4) is 10.6 Å². The van der Waals surface area contributed by atoms with Crippen molar-refractivity contribution >= 4 is 22.9 Å². The number of nitrogens with zero attached hydrogens (tertiary/aromatic N) is 1. The molecule has 1 aromatic heterocycles. The molecule has 0 spiro atoms. The van der Waals surface area contributed by atoms with Crippen molar-refractivity contribution < 1.29 is 0 Å². The van der Waals surface area contributed by atoms with E-state index in [4.69, 9.17) is 16.6 Å². The van der Waals surface area contributed by atoms with E-state index in [1.807, 2.05) is 31.3 Å². The summed E-state index contributed by atoms with van der Waals surface area (Å²) in [5.74, 6) is 0. The van der Waals surface area contributed by atoms with Crippen LogP contribution in [0.15, 0.2) is 24.3 Å². The Hall–Kier alpha value is -0.900. The van der Waals surface area contributed by atoms with Crippen molar-refractivity contribution in [1.29, 1.82) is 0 Å². The van der Waals surface area contributed by atoms with Crippen LogP contribution in [0.25, 0.3) is 10.6 Å². The predicted molar refractivity (Wildman–Crippen MR) is 79.3 cm³/mol. The first-order chi connectivity index (χ1) is 8.74. The highest BCUT2D eigenvalue weighted by Gasteiger charge is 2.11. The van der Waals surface area contributed by atoms with Gasteiger partial charge in [0.25, 0.3) is 0 Å². The summed E-state index contributed by atoms with van der Waals surface area (Å²) in [6.45, 7) is 3.07. The van der Waals surface area contributed by atoms with E-state index in [0.717, 1.165) is 35.0 Å². The normalized spacial score (nSPS) is 10.8. The molecule has 0 saturated carbocycles. The topological polar surface area (TPSA) is 24.9 Å². The van der Waals surface area contributed by atoms with Gasteiger partial charge >= 0.3 is 0 Å². The SMILES string of the molecule is CCCc1nc(-c2ccc(Cl)cc2)sc1CNC. The lowest BCUT2D eigenvalue weighted by molar-refractivity contribution is 0.798. The largest absolute Gasteiger partial charge is 0.315 e. The fraction of sp³-hybridized carbons (Fsp3) is 0.357. The fourth-order valence-corrected chi connectivity index (χ4v) is 3.08. The molecule has 0 aliphatic rings. The maximum absolute atomic E-state index is 5.91. The first-order valence-electron chi connectivity index (χ1n) is 6.13. The summed E-state index contributed by atoms with van der Waals surface area (Å²) in [6, 6.07) is 7.88. The molecule has 0 radical (unpaired) electrons. The fourth-order valence-electron chi connectivity index (χ4n) is 1.83. The summed E-state index contributed by atoms with van der Waals surface area (Å²) >= 11 is 7.67. The summed E-state index contributed by atoms with van der Waals surface area (Å²) in [6.07, 6.45) is 2.17. The third-order valence-electron chi connectivity index (χ3n) is 2.69. The molecule has 1 heterocycles. The van der Waals surface area contributed by atoms with Crippen LogP contribution >= 0.6 is 22.9 Å². The van der Waals surface area contributed by atoms with E-state index in [1.165, 1.54) is 10.6 Å². The van der Waals surface area contributed by atoms with Crippen molar-refractivity contribution in [3.63, 3.8) is 0 Å². The Bertz CT molecular complexity index is 482. The number of benzene rings is 1. The number of thiazole rings is 1. The number of hydrogen-bond donors (Lipinski definition) is 1. The zero-order valence-corrected chi connectivity index (χ0v) is 12.2. The van der Waals surface area contributed by atoms with Crippen molar-refractivity contribution in [3.05, 3.63) is 39.9 Å². The molecule has 0 unspecified atom stereocenters. The minimum absolute atomic E-state index is 0.763. The Labute approximate surface area is 117 Å². The van der Waals surface area contributed by atoms with Crippen LogP contribution in [0.2, 0.25) is 5.02 Å². The molecule has 0 atom stereocenters. The lowest BCUT2D eigenvalue weighted by Crippen LogP contribution is -2.05. The molecule has 0 fully saturated rings. The zero-order chi connectivity index (χ0) is 13.0. The molecule has 0 bridgehead atoms. The van der Waals surface area contributed by atoms with Gasteiger partial charge in [-0.25, -0.2) is 4.98 Å². The summed E-state index contributed by atoms with van der Waals surface area (Å²) in [5, 5.41) is 5.05. The Morgan fingerprint density at radius 1 is 1.28 bits per heavy atom. The Balaban J connectivity index is 2.33. The highest BCUT2D eigenvalue weighted by molar-refractivity contribution is 7.15. The summed E-state index contributed by atoms with van der Waals surface area (Å²) < 4.78 is 0. The third-order valence-corrected chi connectivity index (χ3v) is 4.09. The van der Waals surface area contributed by atoms with Crippen molar-refractivity contribution in [2.75, 3.05) is 7.05 Å². The van der Waals surface area contributed by atoms with Gasteiger partial charge in [0.1, 0.15) is 5.01 Å². The highest BCUT2D eigenvalue weighted by atomic mass is 35.5. The third kappa shape index (κ3) is 3.10. The molecule has 2 aromatic rings. The van der Waals surface area contributed by atoms with Gasteiger partial charge < -0.3 is 5.32 Å². The Kier molecular flexibility index (Phi) is 4.75. The van der Waals surface area contributed by atoms with Crippen LogP contribution in [0, 0.1) is 0 Å². The van der Waals surface area contributed by atoms with E-state index in [0.29, 0.717) is 0 Å². The van der Waals surface area contributed by atoms with E-state index in [9.17, 15) is 0 Å². The molecule has 2 rings (SSSR count). The van der Waals surface area contributed by atoms with Crippen molar-refractivity contribution in [1.82, 2.24) is 10.3 Å². The van der Waals surface area contributed by atoms with E-state index in [-0.39, 0.29) is 0 Å². The second-order valence-electron chi connectivity index (χ2n) is 4.18. The average Bonchev–Trinajstić information content (AvgIpc) is 2.75. The maximum atomic E-state index is 5.91. The number of nitrogens with one attached hydrogen (secondary N) is 1. The van der Waals surface area contributed by atoms with Gasteiger partial charge in [-0.15, -0.1) is 11.3 Å². The highest BCUT2D eigenvalue weighted by Crippen LogP contribution is 2.29. The van der Waals surface area contributed by atoms with Crippen LogP contribution in [0.5, 0.6) is 0 Å². The summed E-state index contributed by atoms with van der Waals surface area (Å²) in [5.41, 5.74) is 2.37. The van der Waals surface area contributed by atoms with Crippen LogP contribution in [0.4, 0.5) is 0 Å². The molecular formula is C14H17ClN2S. The van der Waals surface area contributed by atoms with Crippen LogP contribution in [0.1, 0.15) is 23.9 Å². The number of halogens is 1. The molecule has 1 aromatic carbocycles. The number of rotatable bonds is 5. The van der Waals surface area contributed by atoms with Gasteiger partial charge in [0.05, 0.1) is 5.69 Å². The first-order valence-corrected chi connectivity index (χ1v) is 7.33. The van der Waals surface area contributed by atoms with E-state index < -0.39 is 0 Å². The van der Waals surface area contributed by atoms with E-state index >= 15 is 0 Å². The van der Waals surface area contributed by atoms with Gasteiger partial charge in [0.15, 0.2) is 0 Å². The monoisotopic (exact) mass is 280 g/mol. The smallest absolute Gasteiger partial charge is 0.123 e. The molecule has 0 aliphatic carbocycles. The molecule has 0 aliphatic heterocycles. The standard InChI is InChI=1S/C14H17ClN2S/c1-3-4-12-13(9-16-2)18-14(17-12)10-5-7-11(15)8-6-10/h5-8,16H,3-4,9H2,1-2H3. The van der Waals surface area contributed by atoms with Crippen LogP contribution in [-0.4, -0.2) is 12.0 Å². The van der Waals surface area contributed by atoms with Gasteiger partial charge in [-0.2, -0.15) is 0 Å². The molecule has 18 heavy (non-hydrogen) atoms. The molecule has 0 amide bonds. The second kappa shape index (κ2) is 6.32. The lowest BCUT2D eigenvalue weighted by Gasteiger charge is -1.98. The molecule has 0 saturated heterocycles. The van der Waals surface area contributed by atoms with Gasteiger partial charge in [0.2, 0.25) is 0 Å². The Morgan fingerprint density at radius 3 is 2.61 bits per heavy atom. The van der Waals surface area contributed by atoms with Crippen molar-refractivity contribution in [2.24, 2.45) is 0 Å². The summed E-state index contributed by atoms with van der Waals surface area (Å²) in [7, 11) is 1.97. The van der Waals surface area contributed by atoms with Gasteiger partial charge in [-0.05, 0) is 25.6 Å². The zero-order valence-electron chi connectivity index (χ0n) is 10.7. The van der Waals surface area contributed by atoms with Crippen molar-refractivity contribution in [2.45, 2.75) is 26.3 Å². The first kappa shape index (κ1) is 13.5. The van der Waals surface area contributed by atoms with Gasteiger partial charge in [0, 0.05) is 22.0 Å². The number of aryl methyl sites for hydroxylation is 1. The Morgan fingerprint density at radius 2 is 2.00 bits per heavy atom. The van der Waals surface area contributed by atoms with Crippen LogP contribution in [-0.2, 0) is 13.0 Å². The van der Waals surface area contributed by atoms with E-state index in [1.54, 1.807) is 11.3 Å². The average molecular weight is 281 g/mol. The minimum Gasteiger partial charge on any atom is -0.315 e. The molecule has 1 N–H and O–H groups in total. The number of hydrogen-bond acceptors (Lipinski definition) is 3. The van der Waals surface area contributed by atoms with Crippen LogP contribution < -0.4 is 5.32 Å². The van der Waals surface area contributed by atoms with Gasteiger partial charge in [-0.1, -0.05) is 37.1 Å². The summed E-state index contributed by atoms with van der Waals surface area (Å²) in [4.78, 5) is 6.09. The lowest BCUT2D eigenvalue weighted by atomic mass is 10.2. The quantitative estimate of drug-likeness (QED) is 0.890. The van der Waals surface area contributed by atoms with Gasteiger partial charge in [-0.3, -0.25) is 0 Å². The second-order valence-corrected chi connectivity index (χ2v) is 5.70. The molecular weight excluding hydrogens is 264 g/mol.